The van der Waals surface area contributed by atoms with E-state index in [1.807, 2.05) is 0 Å². The van der Waals surface area contributed by atoms with Crippen LogP contribution in [-0.4, -0.2) is 42.7 Å². The van der Waals surface area contributed by atoms with E-state index in [0.29, 0.717) is 11.6 Å². The first-order valence-electron chi connectivity index (χ1n) is 7.50. The van der Waals surface area contributed by atoms with E-state index < -0.39 is 0 Å². The van der Waals surface area contributed by atoms with Gasteiger partial charge in [-0.2, -0.15) is 0 Å². The van der Waals surface area contributed by atoms with Crippen molar-refractivity contribution in [2.24, 2.45) is 0 Å². The zero-order valence-electron chi connectivity index (χ0n) is 11.9. The summed E-state index contributed by atoms with van der Waals surface area (Å²) < 4.78 is 0. The van der Waals surface area contributed by atoms with Gasteiger partial charge >= 0.3 is 0 Å². The lowest BCUT2D eigenvalue weighted by molar-refractivity contribution is 0.0898. The van der Waals surface area contributed by atoms with E-state index in [4.69, 9.17) is 0 Å². The molecule has 2 aliphatic rings. The van der Waals surface area contributed by atoms with Gasteiger partial charge in [-0.05, 0) is 31.9 Å². The first-order valence-corrected chi connectivity index (χ1v) is 7.50. The minimum Gasteiger partial charge on any atom is -0.313 e. The van der Waals surface area contributed by atoms with Crippen LogP contribution in [0.1, 0.15) is 25.3 Å². The Morgan fingerprint density at radius 2 is 2.16 bits per heavy atom. The third-order valence-corrected chi connectivity index (χ3v) is 4.37. The lowest BCUT2D eigenvalue weighted by Gasteiger charge is -2.48. The van der Waals surface area contributed by atoms with Crippen molar-refractivity contribution in [1.29, 1.82) is 0 Å². The fourth-order valence-electron chi connectivity index (χ4n) is 3.62. The molecule has 1 spiro atoms. The largest absolute Gasteiger partial charge is 0.313 e. The Bertz CT molecular complexity index is 402. The smallest absolute Gasteiger partial charge is 0.0437 e. The van der Waals surface area contributed by atoms with Crippen molar-refractivity contribution in [1.82, 2.24) is 15.5 Å². The zero-order chi connectivity index (χ0) is 13.1. The quantitative estimate of drug-likeness (QED) is 0.845. The van der Waals surface area contributed by atoms with E-state index in [0.717, 1.165) is 19.6 Å². The Kier molecular flexibility index (Phi) is 3.87. The van der Waals surface area contributed by atoms with Crippen molar-refractivity contribution < 1.29 is 0 Å². The fraction of sp³-hybridized carbons (Fsp3) is 0.625. The second kappa shape index (κ2) is 5.61. The van der Waals surface area contributed by atoms with E-state index in [2.05, 4.69) is 52.8 Å². The number of likely N-dealkylation sites (tertiary alicyclic amines) is 1. The SMILES string of the molecule is CC1CNCC2(CCCN(Cc3ccccc3)C2)N1. The van der Waals surface area contributed by atoms with Crippen molar-refractivity contribution >= 4 is 0 Å². The minimum atomic E-state index is 0.296. The number of piperidine rings is 1. The second-order valence-corrected chi connectivity index (χ2v) is 6.26. The summed E-state index contributed by atoms with van der Waals surface area (Å²) in [6.45, 7) is 7.97. The van der Waals surface area contributed by atoms with Gasteiger partial charge in [0, 0.05) is 37.8 Å². The highest BCUT2D eigenvalue weighted by atomic mass is 15.2. The van der Waals surface area contributed by atoms with Gasteiger partial charge in [-0.1, -0.05) is 30.3 Å². The van der Waals surface area contributed by atoms with Gasteiger partial charge in [0.1, 0.15) is 0 Å². The van der Waals surface area contributed by atoms with Crippen LogP contribution in [0.15, 0.2) is 30.3 Å². The highest BCUT2D eigenvalue weighted by Gasteiger charge is 2.38. The number of benzene rings is 1. The molecule has 3 rings (SSSR count). The van der Waals surface area contributed by atoms with Crippen LogP contribution in [0.3, 0.4) is 0 Å². The van der Waals surface area contributed by atoms with Gasteiger partial charge in [-0.15, -0.1) is 0 Å². The van der Waals surface area contributed by atoms with Crippen molar-refractivity contribution in [2.75, 3.05) is 26.2 Å². The van der Waals surface area contributed by atoms with Gasteiger partial charge in [0.05, 0.1) is 0 Å². The van der Waals surface area contributed by atoms with Crippen molar-refractivity contribution in [3.8, 4) is 0 Å². The van der Waals surface area contributed by atoms with Crippen LogP contribution in [0.4, 0.5) is 0 Å². The highest BCUT2D eigenvalue weighted by Crippen LogP contribution is 2.24. The Balaban J connectivity index is 1.64. The molecule has 1 aromatic rings. The molecule has 2 N–H and O–H groups in total. The first-order chi connectivity index (χ1) is 9.26. The molecule has 0 amide bonds. The number of piperazine rings is 1. The average molecular weight is 259 g/mol. The van der Waals surface area contributed by atoms with Crippen LogP contribution in [0.25, 0.3) is 0 Å². The maximum atomic E-state index is 3.84. The summed E-state index contributed by atoms with van der Waals surface area (Å²) in [7, 11) is 0. The predicted molar refractivity (Wildman–Crippen MR) is 79.2 cm³/mol. The number of nitrogens with one attached hydrogen (secondary N) is 2. The molecule has 2 fully saturated rings. The van der Waals surface area contributed by atoms with E-state index in [1.165, 1.54) is 31.5 Å². The van der Waals surface area contributed by atoms with E-state index in [1.54, 1.807) is 0 Å². The maximum Gasteiger partial charge on any atom is 0.0437 e. The minimum absolute atomic E-state index is 0.296. The van der Waals surface area contributed by atoms with Crippen LogP contribution in [0.5, 0.6) is 0 Å². The molecule has 2 aliphatic heterocycles. The van der Waals surface area contributed by atoms with Crippen LogP contribution in [0.2, 0.25) is 0 Å². The number of nitrogens with zero attached hydrogens (tertiary/aromatic N) is 1. The maximum absolute atomic E-state index is 3.84. The monoisotopic (exact) mass is 259 g/mol. The highest BCUT2D eigenvalue weighted by molar-refractivity contribution is 5.15. The lowest BCUT2D eigenvalue weighted by atomic mass is 9.86. The van der Waals surface area contributed by atoms with Crippen molar-refractivity contribution in [2.45, 2.75) is 37.9 Å². The molecule has 3 heteroatoms. The Morgan fingerprint density at radius 3 is 2.95 bits per heavy atom. The third-order valence-electron chi connectivity index (χ3n) is 4.37. The van der Waals surface area contributed by atoms with Crippen molar-refractivity contribution in [3.05, 3.63) is 35.9 Å². The topological polar surface area (TPSA) is 27.3 Å². The normalized spacial score (nSPS) is 32.6. The lowest BCUT2D eigenvalue weighted by Crippen LogP contribution is -2.68. The summed E-state index contributed by atoms with van der Waals surface area (Å²) in [4.78, 5) is 2.60. The molecule has 3 nitrogen and oxygen atoms in total. The van der Waals surface area contributed by atoms with E-state index >= 15 is 0 Å². The summed E-state index contributed by atoms with van der Waals surface area (Å²) in [5.41, 5.74) is 1.72. The molecule has 0 aromatic heterocycles. The molecule has 0 bridgehead atoms. The predicted octanol–water partition coefficient (Wildman–Crippen LogP) is 1.60. The van der Waals surface area contributed by atoms with Crippen LogP contribution < -0.4 is 10.6 Å². The van der Waals surface area contributed by atoms with Crippen molar-refractivity contribution in [3.63, 3.8) is 0 Å². The molecule has 104 valence electrons. The molecule has 2 heterocycles. The summed E-state index contributed by atoms with van der Waals surface area (Å²) in [6, 6.07) is 11.4. The molecule has 0 aliphatic carbocycles. The number of hydrogen-bond acceptors (Lipinski definition) is 3. The Morgan fingerprint density at radius 1 is 1.32 bits per heavy atom. The van der Waals surface area contributed by atoms with Gasteiger partial charge < -0.3 is 10.6 Å². The van der Waals surface area contributed by atoms with Gasteiger partial charge in [0.25, 0.3) is 0 Å². The molecule has 2 saturated heterocycles. The Hall–Kier alpha value is -0.900. The van der Waals surface area contributed by atoms with Crippen LogP contribution in [0, 0.1) is 0 Å². The second-order valence-electron chi connectivity index (χ2n) is 6.26. The van der Waals surface area contributed by atoms with Crippen LogP contribution >= 0.6 is 0 Å². The van der Waals surface area contributed by atoms with Gasteiger partial charge in [0.2, 0.25) is 0 Å². The van der Waals surface area contributed by atoms with Gasteiger partial charge in [-0.3, -0.25) is 4.90 Å². The van der Waals surface area contributed by atoms with Crippen LogP contribution in [-0.2, 0) is 6.54 Å². The zero-order valence-corrected chi connectivity index (χ0v) is 11.9. The first kappa shape index (κ1) is 13.1. The van der Waals surface area contributed by atoms with Gasteiger partial charge in [0.15, 0.2) is 0 Å². The standard InChI is InChI=1S/C16H25N3/c1-14-10-17-12-16(18-14)8-5-9-19(13-16)11-15-6-3-2-4-7-15/h2-4,6-7,14,17-18H,5,8-13H2,1H3. The molecule has 1 aromatic carbocycles. The third kappa shape index (κ3) is 3.16. The molecular formula is C16H25N3. The molecule has 2 unspecified atom stereocenters. The number of hydrogen-bond donors (Lipinski definition) is 2. The Labute approximate surface area is 116 Å². The van der Waals surface area contributed by atoms with Gasteiger partial charge in [-0.25, -0.2) is 0 Å². The summed E-state index contributed by atoms with van der Waals surface area (Å²) in [5.74, 6) is 0. The molecule has 19 heavy (non-hydrogen) atoms. The number of rotatable bonds is 2. The summed E-state index contributed by atoms with van der Waals surface area (Å²) >= 11 is 0. The average Bonchev–Trinajstić information content (AvgIpc) is 2.39. The molecular weight excluding hydrogens is 234 g/mol. The molecule has 0 saturated carbocycles. The summed E-state index contributed by atoms with van der Waals surface area (Å²) in [5, 5.41) is 7.43. The van der Waals surface area contributed by atoms with E-state index in [9.17, 15) is 0 Å². The summed E-state index contributed by atoms with van der Waals surface area (Å²) in [6.07, 6.45) is 2.60. The van der Waals surface area contributed by atoms with E-state index in [-0.39, 0.29) is 0 Å². The fourth-order valence-corrected chi connectivity index (χ4v) is 3.62. The molecule has 0 radical (unpaired) electrons. The molecule has 2 atom stereocenters.